The molecule has 2 atom stereocenters. The van der Waals surface area contributed by atoms with E-state index in [0.29, 0.717) is 12.4 Å². The molecule has 1 aliphatic rings. The molecule has 1 N–H and O–H groups in total. The molecule has 126 valence electrons. The smallest absolute Gasteiger partial charge is 0.307 e. The first-order chi connectivity index (χ1) is 10.8. The van der Waals surface area contributed by atoms with Crippen LogP contribution < -0.4 is 14.8 Å². The first-order valence-corrected chi connectivity index (χ1v) is 7.61. The summed E-state index contributed by atoms with van der Waals surface area (Å²) < 4.78 is 15.9. The minimum atomic E-state index is -0.766. The fraction of sp³-hybridized carbons (Fsp3) is 0.529. The summed E-state index contributed by atoms with van der Waals surface area (Å²) in [5.41, 5.74) is -0.766. The van der Waals surface area contributed by atoms with Crippen LogP contribution >= 0.6 is 0 Å². The standard InChI is InChI=1S/C17H23NO5/c1-11(10-22-13-7-5-12(21-4)6-8-13)18-16(20)14-9-15(19)23-17(14,2)3/h5-8,11,14H,9-10H2,1-4H3,(H,18,20)/t11-,14-/m0/s1. The second-order valence-electron chi connectivity index (χ2n) is 6.23. The fourth-order valence-electron chi connectivity index (χ4n) is 2.51. The van der Waals surface area contributed by atoms with E-state index in [9.17, 15) is 9.59 Å². The number of esters is 1. The molecular weight excluding hydrogens is 298 g/mol. The summed E-state index contributed by atoms with van der Waals surface area (Å²) in [6, 6.07) is 7.04. The first-order valence-electron chi connectivity index (χ1n) is 7.61. The summed E-state index contributed by atoms with van der Waals surface area (Å²) in [5, 5.41) is 2.87. The Hall–Kier alpha value is -2.24. The van der Waals surface area contributed by atoms with Gasteiger partial charge in [-0.05, 0) is 45.0 Å². The topological polar surface area (TPSA) is 73.9 Å². The van der Waals surface area contributed by atoms with E-state index >= 15 is 0 Å². The third-order valence-corrected chi connectivity index (χ3v) is 3.85. The maximum Gasteiger partial charge on any atom is 0.307 e. The van der Waals surface area contributed by atoms with Crippen LogP contribution in [0.3, 0.4) is 0 Å². The number of hydrogen-bond donors (Lipinski definition) is 1. The molecule has 0 saturated carbocycles. The number of rotatable bonds is 6. The normalized spacial score (nSPS) is 20.5. The molecule has 0 radical (unpaired) electrons. The number of hydrogen-bond acceptors (Lipinski definition) is 5. The van der Waals surface area contributed by atoms with Gasteiger partial charge in [0.25, 0.3) is 0 Å². The number of methoxy groups -OCH3 is 1. The molecule has 0 bridgehead atoms. The monoisotopic (exact) mass is 321 g/mol. The Bertz CT molecular complexity index is 567. The first kappa shape index (κ1) is 17.1. The van der Waals surface area contributed by atoms with Gasteiger partial charge in [-0.3, -0.25) is 9.59 Å². The van der Waals surface area contributed by atoms with E-state index in [-0.39, 0.29) is 24.3 Å². The van der Waals surface area contributed by atoms with Crippen molar-refractivity contribution in [2.24, 2.45) is 5.92 Å². The molecule has 2 rings (SSSR count). The molecule has 6 nitrogen and oxygen atoms in total. The van der Waals surface area contributed by atoms with Gasteiger partial charge in [0, 0.05) is 0 Å². The fourth-order valence-corrected chi connectivity index (χ4v) is 2.51. The summed E-state index contributed by atoms with van der Waals surface area (Å²) >= 11 is 0. The van der Waals surface area contributed by atoms with Gasteiger partial charge >= 0.3 is 5.97 Å². The molecule has 6 heteroatoms. The molecule has 0 aliphatic carbocycles. The van der Waals surface area contributed by atoms with Gasteiger partial charge in [0.15, 0.2) is 0 Å². The van der Waals surface area contributed by atoms with Gasteiger partial charge in [0.1, 0.15) is 23.7 Å². The van der Waals surface area contributed by atoms with Gasteiger partial charge in [0.2, 0.25) is 5.91 Å². The highest BCUT2D eigenvalue weighted by Gasteiger charge is 2.46. The van der Waals surface area contributed by atoms with Crippen molar-refractivity contribution in [3.63, 3.8) is 0 Å². The zero-order valence-corrected chi connectivity index (χ0v) is 13.9. The molecule has 1 aliphatic heterocycles. The minimum absolute atomic E-state index is 0.116. The molecule has 0 spiro atoms. The lowest BCUT2D eigenvalue weighted by molar-refractivity contribution is -0.147. The van der Waals surface area contributed by atoms with Crippen LogP contribution in [0.5, 0.6) is 11.5 Å². The summed E-state index contributed by atoms with van der Waals surface area (Å²) in [6.45, 7) is 5.69. The number of ether oxygens (including phenoxy) is 3. The Kier molecular flexibility index (Phi) is 5.13. The maximum absolute atomic E-state index is 12.3. The molecule has 1 saturated heterocycles. The Morgan fingerprint density at radius 1 is 1.35 bits per heavy atom. The van der Waals surface area contributed by atoms with E-state index in [2.05, 4.69) is 5.32 Å². The van der Waals surface area contributed by atoms with Crippen molar-refractivity contribution in [3.05, 3.63) is 24.3 Å². The Labute approximate surface area is 136 Å². The molecular formula is C17H23NO5. The van der Waals surface area contributed by atoms with Crippen LogP contribution in [0.15, 0.2) is 24.3 Å². The van der Waals surface area contributed by atoms with E-state index < -0.39 is 11.5 Å². The van der Waals surface area contributed by atoms with Crippen molar-refractivity contribution >= 4 is 11.9 Å². The van der Waals surface area contributed by atoms with Crippen LogP contribution in [0.1, 0.15) is 27.2 Å². The van der Waals surface area contributed by atoms with Crippen LogP contribution in [0.2, 0.25) is 0 Å². The Morgan fingerprint density at radius 3 is 2.48 bits per heavy atom. The highest BCUT2D eigenvalue weighted by atomic mass is 16.6. The van der Waals surface area contributed by atoms with Crippen molar-refractivity contribution in [1.82, 2.24) is 5.32 Å². The SMILES string of the molecule is COc1ccc(OC[C@H](C)NC(=O)[C@@H]2CC(=O)OC2(C)C)cc1. The van der Waals surface area contributed by atoms with E-state index in [1.54, 1.807) is 33.1 Å². The Morgan fingerprint density at radius 2 is 1.96 bits per heavy atom. The van der Waals surface area contributed by atoms with Gasteiger partial charge in [-0.1, -0.05) is 0 Å². The number of nitrogens with one attached hydrogen (secondary N) is 1. The lowest BCUT2D eigenvalue weighted by Gasteiger charge is -2.25. The molecule has 0 unspecified atom stereocenters. The molecule has 0 aromatic heterocycles. The highest BCUT2D eigenvalue weighted by Crippen LogP contribution is 2.32. The van der Waals surface area contributed by atoms with Crippen LogP contribution in [0.4, 0.5) is 0 Å². The predicted molar refractivity (Wildman–Crippen MR) is 84.4 cm³/mol. The van der Waals surface area contributed by atoms with E-state index in [4.69, 9.17) is 14.2 Å². The quantitative estimate of drug-likeness (QED) is 0.810. The number of carbonyl (C=O) groups excluding carboxylic acids is 2. The number of benzene rings is 1. The highest BCUT2D eigenvalue weighted by molar-refractivity contribution is 5.87. The van der Waals surface area contributed by atoms with Gasteiger partial charge in [0.05, 0.1) is 25.5 Å². The van der Waals surface area contributed by atoms with Gasteiger partial charge in [-0.2, -0.15) is 0 Å². The van der Waals surface area contributed by atoms with Gasteiger partial charge in [-0.15, -0.1) is 0 Å². The van der Waals surface area contributed by atoms with Crippen molar-refractivity contribution in [2.75, 3.05) is 13.7 Å². The number of cyclic esters (lactones) is 1. The zero-order chi connectivity index (χ0) is 17.0. The van der Waals surface area contributed by atoms with Gasteiger partial charge < -0.3 is 19.5 Å². The molecule has 1 aromatic rings. The van der Waals surface area contributed by atoms with Crippen molar-refractivity contribution < 1.29 is 23.8 Å². The summed E-state index contributed by atoms with van der Waals surface area (Å²) in [5.74, 6) is 0.459. The summed E-state index contributed by atoms with van der Waals surface area (Å²) in [6.07, 6.45) is 0.116. The van der Waals surface area contributed by atoms with E-state index in [1.807, 2.05) is 19.1 Å². The van der Waals surface area contributed by atoms with Crippen molar-refractivity contribution in [3.8, 4) is 11.5 Å². The summed E-state index contributed by atoms with van der Waals surface area (Å²) in [4.78, 5) is 23.7. The number of amides is 1. The van der Waals surface area contributed by atoms with Crippen LogP contribution in [-0.4, -0.2) is 37.2 Å². The molecule has 1 heterocycles. The second kappa shape index (κ2) is 6.89. The molecule has 1 aromatic carbocycles. The minimum Gasteiger partial charge on any atom is -0.497 e. The Balaban J connectivity index is 1.83. The van der Waals surface area contributed by atoms with Crippen molar-refractivity contribution in [1.29, 1.82) is 0 Å². The van der Waals surface area contributed by atoms with Crippen LogP contribution in [-0.2, 0) is 14.3 Å². The van der Waals surface area contributed by atoms with Crippen molar-refractivity contribution in [2.45, 2.75) is 38.8 Å². The second-order valence-corrected chi connectivity index (χ2v) is 6.23. The van der Waals surface area contributed by atoms with E-state index in [1.165, 1.54) is 0 Å². The lowest BCUT2D eigenvalue weighted by atomic mass is 9.90. The predicted octanol–water partition coefficient (Wildman–Crippen LogP) is 1.92. The van der Waals surface area contributed by atoms with Crippen LogP contribution in [0, 0.1) is 5.92 Å². The third kappa shape index (κ3) is 4.37. The lowest BCUT2D eigenvalue weighted by Crippen LogP contribution is -2.45. The molecule has 23 heavy (non-hydrogen) atoms. The van der Waals surface area contributed by atoms with Gasteiger partial charge in [-0.25, -0.2) is 0 Å². The number of carbonyl (C=O) groups is 2. The summed E-state index contributed by atoms with van der Waals surface area (Å²) in [7, 11) is 1.60. The molecule has 1 amide bonds. The molecule has 1 fully saturated rings. The zero-order valence-electron chi connectivity index (χ0n) is 13.9. The maximum atomic E-state index is 12.3. The average molecular weight is 321 g/mol. The third-order valence-electron chi connectivity index (χ3n) is 3.85. The largest absolute Gasteiger partial charge is 0.497 e. The average Bonchev–Trinajstić information content (AvgIpc) is 2.78. The van der Waals surface area contributed by atoms with E-state index in [0.717, 1.165) is 5.75 Å². The van der Waals surface area contributed by atoms with Crippen LogP contribution in [0.25, 0.3) is 0 Å².